The van der Waals surface area contributed by atoms with E-state index in [-0.39, 0.29) is 0 Å². The molecule has 0 fully saturated rings. The maximum absolute atomic E-state index is 4.54. The van der Waals surface area contributed by atoms with E-state index in [2.05, 4.69) is 38.4 Å². The topological polar surface area (TPSA) is 46.8 Å². The molecule has 0 bridgehead atoms. The lowest BCUT2D eigenvalue weighted by Crippen LogP contribution is -2.23. The van der Waals surface area contributed by atoms with Gasteiger partial charge in [0.15, 0.2) is 0 Å². The molecule has 0 saturated carbocycles. The Labute approximate surface area is 114 Å². The summed E-state index contributed by atoms with van der Waals surface area (Å²) in [5, 5.41) is 0. The summed E-state index contributed by atoms with van der Waals surface area (Å²) >= 11 is 0. The zero-order valence-electron chi connectivity index (χ0n) is 12.1. The number of nitrogens with zero attached hydrogens (tertiary/aromatic N) is 5. The van der Waals surface area contributed by atoms with Crippen molar-refractivity contribution < 1.29 is 0 Å². The molecule has 2 heterocycles. The molecule has 5 nitrogen and oxygen atoms in total. The molecule has 0 atom stereocenters. The third-order valence-electron chi connectivity index (χ3n) is 3.31. The molecule has 0 amide bonds. The first-order chi connectivity index (χ1) is 9.08. The molecule has 102 valence electrons. The van der Waals surface area contributed by atoms with Crippen molar-refractivity contribution in [2.45, 2.75) is 33.7 Å². The van der Waals surface area contributed by atoms with Crippen molar-refractivity contribution >= 4 is 5.82 Å². The van der Waals surface area contributed by atoms with Crippen molar-refractivity contribution in [2.75, 3.05) is 18.5 Å². The number of hydrogen-bond donors (Lipinski definition) is 0. The van der Waals surface area contributed by atoms with Crippen molar-refractivity contribution in [1.29, 1.82) is 0 Å². The van der Waals surface area contributed by atoms with Gasteiger partial charge in [-0.05, 0) is 27.2 Å². The molecule has 0 radical (unpaired) electrons. The molecule has 2 aromatic rings. The highest BCUT2D eigenvalue weighted by molar-refractivity contribution is 5.47. The second-order valence-electron chi connectivity index (χ2n) is 4.88. The zero-order chi connectivity index (χ0) is 13.8. The summed E-state index contributed by atoms with van der Waals surface area (Å²) in [5.41, 5.74) is 2.22. The molecule has 0 aliphatic heterocycles. The van der Waals surface area contributed by atoms with E-state index < -0.39 is 0 Å². The molecule has 2 aromatic heterocycles. The Hall–Kier alpha value is -1.91. The van der Waals surface area contributed by atoms with Crippen molar-refractivity contribution in [1.82, 2.24) is 19.5 Å². The predicted molar refractivity (Wildman–Crippen MR) is 76.4 cm³/mol. The monoisotopic (exact) mass is 259 g/mol. The van der Waals surface area contributed by atoms with E-state index in [1.165, 1.54) is 0 Å². The second-order valence-corrected chi connectivity index (χ2v) is 4.88. The summed E-state index contributed by atoms with van der Waals surface area (Å²) in [7, 11) is 2.09. The number of hydrogen-bond acceptors (Lipinski definition) is 4. The van der Waals surface area contributed by atoms with Gasteiger partial charge in [-0.15, -0.1) is 0 Å². The fourth-order valence-electron chi connectivity index (χ4n) is 2.14. The third-order valence-corrected chi connectivity index (χ3v) is 3.31. The van der Waals surface area contributed by atoms with Gasteiger partial charge in [0.2, 0.25) is 0 Å². The minimum absolute atomic E-state index is 0.833. The van der Waals surface area contributed by atoms with Gasteiger partial charge in [-0.25, -0.2) is 15.0 Å². The summed E-state index contributed by atoms with van der Waals surface area (Å²) in [6.45, 7) is 8.00. The first-order valence-corrected chi connectivity index (χ1v) is 6.56. The fourth-order valence-corrected chi connectivity index (χ4v) is 2.14. The van der Waals surface area contributed by atoms with Crippen LogP contribution >= 0.6 is 0 Å². The molecule has 0 N–H and O–H groups in total. The molecule has 19 heavy (non-hydrogen) atoms. The number of imidazole rings is 1. The maximum atomic E-state index is 4.54. The standard InChI is InChI=1S/C14H21N5/c1-11-12(2)16-13(3)17-14(11)18(4)7-5-8-19-9-6-15-10-19/h6,9-10H,5,7-8H2,1-4H3. The first-order valence-electron chi connectivity index (χ1n) is 6.56. The minimum Gasteiger partial charge on any atom is -0.359 e. The van der Waals surface area contributed by atoms with Crippen molar-refractivity contribution in [3.63, 3.8) is 0 Å². The largest absolute Gasteiger partial charge is 0.359 e. The summed E-state index contributed by atoms with van der Waals surface area (Å²) in [6.07, 6.45) is 6.72. The molecule has 0 aliphatic rings. The molecule has 2 rings (SSSR count). The first kappa shape index (κ1) is 13.5. The summed E-state index contributed by atoms with van der Waals surface area (Å²) in [5.74, 6) is 1.87. The number of anilines is 1. The van der Waals surface area contributed by atoms with Gasteiger partial charge in [0.05, 0.1) is 6.33 Å². The number of rotatable bonds is 5. The van der Waals surface area contributed by atoms with E-state index in [9.17, 15) is 0 Å². The van der Waals surface area contributed by atoms with Crippen molar-refractivity contribution in [2.24, 2.45) is 0 Å². The summed E-state index contributed by atoms with van der Waals surface area (Å²) in [6, 6.07) is 0. The lowest BCUT2D eigenvalue weighted by atomic mass is 10.2. The van der Waals surface area contributed by atoms with Gasteiger partial charge in [-0.1, -0.05) is 0 Å². The predicted octanol–water partition coefficient (Wildman–Crippen LogP) is 2.12. The van der Waals surface area contributed by atoms with Crippen LogP contribution in [0.5, 0.6) is 0 Å². The van der Waals surface area contributed by atoms with Gasteiger partial charge in [-0.2, -0.15) is 0 Å². The van der Waals surface area contributed by atoms with Gasteiger partial charge in [-0.3, -0.25) is 0 Å². The molecular formula is C14H21N5. The smallest absolute Gasteiger partial charge is 0.135 e. The van der Waals surface area contributed by atoms with E-state index >= 15 is 0 Å². The number of aromatic nitrogens is 4. The lowest BCUT2D eigenvalue weighted by molar-refractivity contribution is 0.634. The second kappa shape index (κ2) is 5.82. The molecule has 0 aliphatic carbocycles. The Balaban J connectivity index is 1.98. The van der Waals surface area contributed by atoms with E-state index in [1.807, 2.05) is 32.6 Å². The fraction of sp³-hybridized carbons (Fsp3) is 0.500. The summed E-state index contributed by atoms with van der Waals surface area (Å²) in [4.78, 5) is 15.2. The Morgan fingerprint density at radius 2 is 2.00 bits per heavy atom. The van der Waals surface area contributed by atoms with E-state index in [4.69, 9.17) is 0 Å². The Kier molecular flexibility index (Phi) is 4.14. The van der Waals surface area contributed by atoms with Crippen LogP contribution in [0.2, 0.25) is 0 Å². The molecule has 0 spiro atoms. The maximum Gasteiger partial charge on any atom is 0.135 e. The SMILES string of the molecule is Cc1nc(C)c(C)c(N(C)CCCn2ccnc2)n1. The van der Waals surface area contributed by atoms with Crippen LogP contribution in [0.25, 0.3) is 0 Å². The highest BCUT2D eigenvalue weighted by Gasteiger charge is 2.10. The summed E-state index contributed by atoms with van der Waals surface area (Å²) < 4.78 is 2.09. The highest BCUT2D eigenvalue weighted by atomic mass is 15.2. The minimum atomic E-state index is 0.833. The average Bonchev–Trinajstić information content (AvgIpc) is 2.86. The third kappa shape index (κ3) is 3.30. The van der Waals surface area contributed by atoms with Gasteiger partial charge >= 0.3 is 0 Å². The Morgan fingerprint density at radius 3 is 2.68 bits per heavy atom. The Bertz CT molecular complexity index is 533. The van der Waals surface area contributed by atoms with E-state index in [0.717, 1.165) is 42.4 Å². The molecule has 0 unspecified atom stereocenters. The van der Waals surface area contributed by atoms with Crippen LogP contribution < -0.4 is 4.90 Å². The molecule has 0 saturated heterocycles. The average molecular weight is 259 g/mol. The normalized spacial score (nSPS) is 10.7. The van der Waals surface area contributed by atoms with Crippen LogP contribution in [0.3, 0.4) is 0 Å². The Morgan fingerprint density at radius 1 is 1.21 bits per heavy atom. The molecule has 0 aromatic carbocycles. The lowest BCUT2D eigenvalue weighted by Gasteiger charge is -2.21. The van der Waals surface area contributed by atoms with Gasteiger partial charge in [0, 0.05) is 43.8 Å². The van der Waals surface area contributed by atoms with E-state index in [1.54, 1.807) is 0 Å². The van der Waals surface area contributed by atoms with Crippen LogP contribution in [0.4, 0.5) is 5.82 Å². The van der Waals surface area contributed by atoms with Crippen LogP contribution in [-0.4, -0.2) is 33.1 Å². The van der Waals surface area contributed by atoms with E-state index in [0.29, 0.717) is 0 Å². The molecular weight excluding hydrogens is 238 g/mol. The van der Waals surface area contributed by atoms with Gasteiger partial charge in [0.1, 0.15) is 11.6 Å². The van der Waals surface area contributed by atoms with Crippen molar-refractivity contribution in [3.8, 4) is 0 Å². The van der Waals surface area contributed by atoms with Crippen molar-refractivity contribution in [3.05, 3.63) is 35.8 Å². The zero-order valence-corrected chi connectivity index (χ0v) is 12.1. The van der Waals surface area contributed by atoms with Crippen LogP contribution in [0, 0.1) is 20.8 Å². The van der Waals surface area contributed by atoms with Gasteiger partial charge in [0.25, 0.3) is 0 Å². The highest BCUT2D eigenvalue weighted by Crippen LogP contribution is 2.18. The number of aryl methyl sites for hydroxylation is 3. The van der Waals surface area contributed by atoms with Crippen LogP contribution in [0.15, 0.2) is 18.7 Å². The van der Waals surface area contributed by atoms with Crippen LogP contribution in [-0.2, 0) is 6.54 Å². The van der Waals surface area contributed by atoms with Crippen LogP contribution in [0.1, 0.15) is 23.5 Å². The molecule has 5 heteroatoms. The quantitative estimate of drug-likeness (QED) is 0.825. The van der Waals surface area contributed by atoms with Gasteiger partial charge < -0.3 is 9.47 Å².